The summed E-state index contributed by atoms with van der Waals surface area (Å²) in [5.74, 6) is 0.240. The third-order valence-electron chi connectivity index (χ3n) is 2.91. The van der Waals surface area contributed by atoms with E-state index >= 15 is 0 Å². The summed E-state index contributed by atoms with van der Waals surface area (Å²) in [6, 6.07) is 0. The normalized spacial score (nSPS) is 21.9. The van der Waals surface area contributed by atoms with Crippen LogP contribution in [0.1, 0.15) is 13.8 Å². The van der Waals surface area contributed by atoms with E-state index in [1.165, 1.54) is 0 Å². The maximum atomic E-state index is 11.9. The average molecular weight is 246 g/mol. The van der Waals surface area contributed by atoms with Crippen LogP contribution in [0.2, 0.25) is 0 Å². The number of aliphatic hydroxyl groups excluding tert-OH is 1. The molecule has 0 unspecified atom stereocenters. The molecule has 0 aliphatic carbocycles. The van der Waals surface area contributed by atoms with Crippen LogP contribution in [0, 0.1) is 0 Å². The zero-order valence-electron chi connectivity index (χ0n) is 10.3. The van der Waals surface area contributed by atoms with Crippen molar-refractivity contribution < 1.29 is 9.90 Å². The van der Waals surface area contributed by atoms with Crippen molar-refractivity contribution >= 4 is 17.7 Å². The molecule has 1 fully saturated rings. The van der Waals surface area contributed by atoms with Gasteiger partial charge in [-0.3, -0.25) is 9.69 Å². The molecule has 0 aromatic heterocycles. The molecule has 0 saturated carbocycles. The first kappa shape index (κ1) is 13.8. The first-order valence-corrected chi connectivity index (χ1v) is 7.05. The number of amides is 1. The van der Waals surface area contributed by atoms with E-state index in [1.807, 2.05) is 18.1 Å². The molecule has 1 N–H and O–H groups in total. The fourth-order valence-corrected chi connectivity index (χ4v) is 2.23. The maximum Gasteiger partial charge on any atom is 0.235 e. The first-order chi connectivity index (χ1) is 7.54. The van der Waals surface area contributed by atoms with Crippen molar-refractivity contribution in [3.63, 3.8) is 0 Å². The molecule has 0 aromatic carbocycles. The van der Waals surface area contributed by atoms with E-state index in [0.29, 0.717) is 6.54 Å². The van der Waals surface area contributed by atoms with Gasteiger partial charge in [0.2, 0.25) is 5.91 Å². The van der Waals surface area contributed by atoms with E-state index in [-0.39, 0.29) is 17.3 Å². The van der Waals surface area contributed by atoms with Crippen LogP contribution >= 0.6 is 11.8 Å². The van der Waals surface area contributed by atoms with Crippen molar-refractivity contribution in [3.8, 4) is 0 Å². The molecule has 0 aromatic rings. The number of carbonyl (C=O) groups is 1. The van der Waals surface area contributed by atoms with Crippen LogP contribution in [-0.2, 0) is 4.79 Å². The van der Waals surface area contributed by atoms with Gasteiger partial charge in [-0.25, -0.2) is 0 Å². The Hall–Kier alpha value is -0.260. The minimum Gasteiger partial charge on any atom is -0.392 e. The molecule has 1 amide bonds. The Labute approximate surface area is 102 Å². The molecular formula is C11H22N2O2S. The van der Waals surface area contributed by atoms with Crippen molar-refractivity contribution in [3.05, 3.63) is 0 Å². The van der Waals surface area contributed by atoms with Crippen molar-refractivity contribution in [1.82, 2.24) is 9.80 Å². The van der Waals surface area contributed by atoms with Crippen molar-refractivity contribution in [2.45, 2.75) is 25.2 Å². The standard InChI is InChI=1S/C11H22N2O2S/c1-9(14)8-12-4-6-13(7-5-12)11(15)10(2)16-3/h9-10,14H,4-8H2,1-3H3/t9-,10-/m1/s1. The Kier molecular flexibility index (Phi) is 5.58. The van der Waals surface area contributed by atoms with Gasteiger partial charge in [-0.2, -0.15) is 11.8 Å². The van der Waals surface area contributed by atoms with Crippen LogP contribution in [0.15, 0.2) is 0 Å². The lowest BCUT2D eigenvalue weighted by atomic mass is 10.2. The summed E-state index contributed by atoms with van der Waals surface area (Å²) in [5.41, 5.74) is 0. The van der Waals surface area contributed by atoms with Crippen LogP contribution in [0.5, 0.6) is 0 Å². The summed E-state index contributed by atoms with van der Waals surface area (Å²) in [6.45, 7) is 7.78. The van der Waals surface area contributed by atoms with Crippen LogP contribution in [0.25, 0.3) is 0 Å². The van der Waals surface area contributed by atoms with Gasteiger partial charge < -0.3 is 10.0 Å². The number of aliphatic hydroxyl groups is 1. The second-order valence-corrected chi connectivity index (χ2v) is 5.53. The van der Waals surface area contributed by atoms with E-state index < -0.39 is 0 Å². The van der Waals surface area contributed by atoms with E-state index in [0.717, 1.165) is 26.2 Å². The highest BCUT2D eigenvalue weighted by Crippen LogP contribution is 2.11. The Balaban J connectivity index is 2.34. The van der Waals surface area contributed by atoms with Gasteiger partial charge in [0.1, 0.15) is 0 Å². The number of rotatable bonds is 4. The van der Waals surface area contributed by atoms with Crippen LogP contribution in [0.4, 0.5) is 0 Å². The lowest BCUT2D eigenvalue weighted by Crippen LogP contribution is -2.51. The third-order valence-corrected chi connectivity index (χ3v) is 3.82. The second kappa shape index (κ2) is 6.47. The minimum absolute atomic E-state index is 0.0586. The SMILES string of the molecule is CS[C@H](C)C(=O)N1CCN(C[C@@H](C)O)CC1. The predicted molar refractivity (Wildman–Crippen MR) is 67.7 cm³/mol. The van der Waals surface area contributed by atoms with Crippen LogP contribution in [-0.4, -0.2) is 71.1 Å². The molecular weight excluding hydrogens is 224 g/mol. The molecule has 16 heavy (non-hydrogen) atoms. The topological polar surface area (TPSA) is 43.8 Å². The van der Waals surface area contributed by atoms with Crippen molar-refractivity contribution in [1.29, 1.82) is 0 Å². The molecule has 1 saturated heterocycles. The zero-order chi connectivity index (χ0) is 12.1. The van der Waals surface area contributed by atoms with Gasteiger partial charge >= 0.3 is 0 Å². The summed E-state index contributed by atoms with van der Waals surface area (Å²) < 4.78 is 0. The molecule has 5 heteroatoms. The Bertz CT molecular complexity index is 228. The van der Waals surface area contributed by atoms with Crippen molar-refractivity contribution in [2.75, 3.05) is 39.0 Å². The fourth-order valence-electron chi connectivity index (χ4n) is 1.88. The molecule has 0 bridgehead atoms. The van der Waals surface area contributed by atoms with Gasteiger partial charge in [-0.1, -0.05) is 0 Å². The van der Waals surface area contributed by atoms with E-state index in [4.69, 9.17) is 0 Å². The van der Waals surface area contributed by atoms with Gasteiger partial charge in [0.05, 0.1) is 11.4 Å². The highest BCUT2D eigenvalue weighted by Gasteiger charge is 2.24. The summed E-state index contributed by atoms with van der Waals surface area (Å²) >= 11 is 1.59. The maximum absolute atomic E-state index is 11.9. The summed E-state index contributed by atoms with van der Waals surface area (Å²) in [6.07, 6.45) is 1.68. The molecule has 1 aliphatic rings. The van der Waals surface area contributed by atoms with Gasteiger partial charge in [0, 0.05) is 32.7 Å². The van der Waals surface area contributed by atoms with E-state index in [9.17, 15) is 9.90 Å². The average Bonchev–Trinajstić information content (AvgIpc) is 2.27. The number of nitrogens with zero attached hydrogens (tertiary/aromatic N) is 2. The molecule has 94 valence electrons. The zero-order valence-corrected chi connectivity index (χ0v) is 11.2. The first-order valence-electron chi connectivity index (χ1n) is 5.76. The van der Waals surface area contributed by atoms with Crippen LogP contribution < -0.4 is 0 Å². The highest BCUT2D eigenvalue weighted by molar-refractivity contribution is 7.99. The lowest BCUT2D eigenvalue weighted by Gasteiger charge is -2.36. The Morgan fingerprint density at radius 1 is 1.31 bits per heavy atom. The summed E-state index contributed by atoms with van der Waals surface area (Å²) in [7, 11) is 0. The summed E-state index contributed by atoms with van der Waals surface area (Å²) in [4.78, 5) is 16.0. The molecule has 1 heterocycles. The van der Waals surface area contributed by atoms with Crippen LogP contribution in [0.3, 0.4) is 0 Å². The van der Waals surface area contributed by atoms with Gasteiger partial charge in [0.25, 0.3) is 0 Å². The molecule has 1 aliphatic heterocycles. The Morgan fingerprint density at radius 3 is 2.31 bits per heavy atom. The molecule has 1 rings (SSSR count). The molecule has 0 spiro atoms. The minimum atomic E-state index is -0.285. The fraction of sp³-hybridized carbons (Fsp3) is 0.909. The number of piperazine rings is 1. The highest BCUT2D eigenvalue weighted by atomic mass is 32.2. The predicted octanol–water partition coefficient (Wildman–Crippen LogP) is 0.263. The molecule has 0 radical (unpaired) electrons. The van der Waals surface area contributed by atoms with Crippen molar-refractivity contribution in [2.24, 2.45) is 0 Å². The van der Waals surface area contributed by atoms with Gasteiger partial charge in [-0.05, 0) is 20.1 Å². The number of hydrogen-bond donors (Lipinski definition) is 1. The molecule has 4 nitrogen and oxygen atoms in total. The number of carbonyl (C=O) groups excluding carboxylic acids is 1. The smallest absolute Gasteiger partial charge is 0.235 e. The summed E-state index contributed by atoms with van der Waals surface area (Å²) in [5, 5.41) is 9.34. The van der Waals surface area contributed by atoms with Gasteiger partial charge in [-0.15, -0.1) is 0 Å². The number of thioether (sulfide) groups is 1. The van der Waals surface area contributed by atoms with E-state index in [1.54, 1.807) is 18.7 Å². The van der Waals surface area contributed by atoms with E-state index in [2.05, 4.69) is 4.90 Å². The Morgan fingerprint density at radius 2 is 1.88 bits per heavy atom. The number of β-amino-alcohol motifs (C(OH)–C–C–N with tert-alkyl or cyclic N) is 1. The third kappa shape index (κ3) is 3.96. The molecule has 2 atom stereocenters. The lowest BCUT2D eigenvalue weighted by molar-refractivity contribution is -0.132. The monoisotopic (exact) mass is 246 g/mol. The quantitative estimate of drug-likeness (QED) is 0.773. The largest absolute Gasteiger partial charge is 0.392 e. The second-order valence-electron chi connectivity index (χ2n) is 4.35. The van der Waals surface area contributed by atoms with Gasteiger partial charge in [0.15, 0.2) is 0 Å². The number of hydrogen-bond acceptors (Lipinski definition) is 4.